The van der Waals surface area contributed by atoms with Crippen LogP contribution in [0.2, 0.25) is 0 Å². The van der Waals surface area contributed by atoms with Crippen LogP contribution in [0.25, 0.3) is 0 Å². The van der Waals surface area contributed by atoms with E-state index >= 15 is 0 Å². The van der Waals surface area contributed by atoms with Crippen LogP contribution >= 0.6 is 7.51 Å². The van der Waals surface area contributed by atoms with Gasteiger partial charge in [-0.25, -0.2) is 0 Å². The second kappa shape index (κ2) is 9.62. The van der Waals surface area contributed by atoms with Crippen molar-refractivity contribution in [2.24, 2.45) is 5.50 Å². The molecule has 0 aliphatic rings. The van der Waals surface area contributed by atoms with Crippen molar-refractivity contribution in [3.8, 4) is 0 Å². The van der Waals surface area contributed by atoms with Crippen LogP contribution in [-0.2, 0) is 11.8 Å². The molecule has 0 saturated carbocycles. The molecular weight excluding hydrogens is 87.9 g/mol. The standard InChI is InChI=1S/BH3.H2NPS/c;1-2-3/h1H3;(H2,1,3). The zero-order valence-electron chi connectivity index (χ0n) is 1.43. The number of hydrogen-bond acceptors (Lipinski definition) is 1. The minimum absolute atomic E-state index is 0. The van der Waals surface area contributed by atoms with E-state index < -0.39 is 0 Å². The van der Waals surface area contributed by atoms with Gasteiger partial charge >= 0.3 is 0 Å². The first-order chi connectivity index (χ1) is 1.41. The van der Waals surface area contributed by atoms with E-state index in [4.69, 9.17) is 0 Å². The summed E-state index contributed by atoms with van der Waals surface area (Å²) in [4.78, 5) is 0. The maximum atomic E-state index is 4.63. The topological polar surface area (TPSA) is 26.0 Å². The normalized spacial score (nSPS) is 5.25. The molecule has 0 heterocycles. The van der Waals surface area contributed by atoms with Crippen LogP contribution in [0.5, 0.6) is 0 Å². The quantitative estimate of drug-likeness (QED) is 0.309. The van der Waals surface area contributed by atoms with Crippen molar-refractivity contribution in [2.75, 3.05) is 0 Å². The summed E-state index contributed by atoms with van der Waals surface area (Å²) < 4.78 is 0. The van der Waals surface area contributed by atoms with Gasteiger partial charge in [-0.1, -0.05) is 0 Å². The van der Waals surface area contributed by atoms with Gasteiger partial charge in [0.1, 0.15) is 0 Å². The Balaban J connectivity index is 0. The molecule has 0 aromatic rings. The molecule has 0 saturated heterocycles. The SMILES string of the molecule is B.NP=S. The zero-order valence-corrected chi connectivity index (χ0v) is 3.14. The Hall–Kier alpha value is 0.545. The molecule has 24 valence electrons. The molecule has 0 aliphatic heterocycles. The van der Waals surface area contributed by atoms with Crippen molar-refractivity contribution in [3.05, 3.63) is 0 Å². The predicted octanol–water partition coefficient (Wildman–Crippen LogP) is -0.916. The van der Waals surface area contributed by atoms with Crippen LogP contribution in [-0.4, -0.2) is 8.41 Å². The summed E-state index contributed by atoms with van der Waals surface area (Å²) in [6, 6.07) is 0. The summed E-state index contributed by atoms with van der Waals surface area (Å²) in [5, 5.41) is 0. The lowest BCUT2D eigenvalue weighted by molar-refractivity contribution is 2.05. The molecule has 1 nitrogen and oxygen atoms in total. The van der Waals surface area contributed by atoms with Crippen LogP contribution in [0.3, 0.4) is 0 Å². The molecule has 0 fully saturated rings. The van der Waals surface area contributed by atoms with Crippen molar-refractivity contribution >= 4 is 27.7 Å². The molecule has 0 atom stereocenters. The van der Waals surface area contributed by atoms with E-state index in [9.17, 15) is 0 Å². The van der Waals surface area contributed by atoms with E-state index in [1.165, 1.54) is 0 Å². The molecule has 0 unspecified atom stereocenters. The Kier molecular flexibility index (Phi) is 21.2. The van der Waals surface area contributed by atoms with Crippen molar-refractivity contribution < 1.29 is 0 Å². The van der Waals surface area contributed by atoms with Gasteiger partial charge < -0.3 is 0 Å². The van der Waals surface area contributed by atoms with Gasteiger partial charge in [-0.05, 0) is 11.8 Å². The molecule has 0 rings (SSSR count). The van der Waals surface area contributed by atoms with E-state index in [0.29, 0.717) is 7.51 Å². The monoisotopic (exact) mass is 93.0 g/mol. The molecule has 0 aromatic heterocycles. The largest absolute Gasteiger partial charge is 0.276 e. The van der Waals surface area contributed by atoms with E-state index in [-0.39, 0.29) is 8.41 Å². The number of nitrogens with two attached hydrogens (primary N) is 1. The second-order valence-corrected chi connectivity index (χ2v) is 0.949. The van der Waals surface area contributed by atoms with Crippen LogP contribution < -0.4 is 5.50 Å². The van der Waals surface area contributed by atoms with Gasteiger partial charge in [0.15, 0.2) is 0 Å². The van der Waals surface area contributed by atoms with Gasteiger partial charge in [0.2, 0.25) is 0 Å². The summed E-state index contributed by atoms with van der Waals surface area (Å²) in [5.41, 5.74) is 4.63. The lowest BCUT2D eigenvalue weighted by Gasteiger charge is -1.31. The van der Waals surface area contributed by atoms with Crippen molar-refractivity contribution in [3.63, 3.8) is 0 Å². The van der Waals surface area contributed by atoms with Crippen molar-refractivity contribution in [2.45, 2.75) is 0 Å². The maximum Gasteiger partial charge on any atom is 0.0814 e. The Morgan fingerprint density at radius 3 is 1.75 bits per heavy atom. The van der Waals surface area contributed by atoms with Crippen LogP contribution in [0.1, 0.15) is 0 Å². The highest BCUT2D eigenvalue weighted by atomic mass is 32.4. The van der Waals surface area contributed by atoms with E-state index in [0.717, 1.165) is 0 Å². The lowest BCUT2D eigenvalue weighted by Crippen LogP contribution is -1.51. The number of hydrogen-bond donors (Lipinski definition) is 1. The van der Waals surface area contributed by atoms with Crippen molar-refractivity contribution in [1.29, 1.82) is 0 Å². The Bertz CT molecular complexity index is 15.5. The average molecular weight is 92.9 g/mol. The predicted molar refractivity (Wildman–Crippen MR) is 28.4 cm³/mol. The summed E-state index contributed by atoms with van der Waals surface area (Å²) in [6.45, 7) is 0. The second-order valence-electron chi connectivity index (χ2n) is 0.105. The minimum Gasteiger partial charge on any atom is -0.276 e. The molecular formula is H5BNPS. The van der Waals surface area contributed by atoms with E-state index in [2.05, 4.69) is 17.3 Å². The maximum absolute atomic E-state index is 4.63. The molecule has 2 N–H and O–H groups in total. The summed E-state index contributed by atoms with van der Waals surface area (Å²) in [6.07, 6.45) is 0. The summed E-state index contributed by atoms with van der Waals surface area (Å²) in [7, 11) is 0.500. The fourth-order valence-corrected chi connectivity index (χ4v) is 0. The highest BCUT2D eigenvalue weighted by molar-refractivity contribution is 7.95. The average Bonchev–Trinajstić information content (AvgIpc) is 0.918. The third-order valence-electron chi connectivity index (χ3n) is 0. The third kappa shape index (κ3) is 20.5. The van der Waals surface area contributed by atoms with Gasteiger partial charge in [-0.15, -0.1) is 0 Å². The molecule has 0 aromatic carbocycles. The van der Waals surface area contributed by atoms with Gasteiger partial charge in [-0.2, -0.15) is 0 Å². The van der Waals surface area contributed by atoms with Gasteiger partial charge in [0.25, 0.3) is 0 Å². The Morgan fingerprint density at radius 1 is 1.75 bits per heavy atom. The lowest BCUT2D eigenvalue weighted by atomic mass is 10.8. The Labute approximate surface area is 34.0 Å². The smallest absolute Gasteiger partial charge is 0.0814 e. The zero-order chi connectivity index (χ0) is 2.71. The fraction of sp³-hybridized carbons (Fsp3) is 0. The Morgan fingerprint density at radius 2 is 1.75 bits per heavy atom. The van der Waals surface area contributed by atoms with Gasteiger partial charge in [0, 0.05) is 0 Å². The molecule has 0 spiro atoms. The first-order valence-electron chi connectivity index (χ1n) is 0.441. The number of rotatable bonds is 0. The van der Waals surface area contributed by atoms with Crippen LogP contribution in [0, 0.1) is 0 Å². The first kappa shape index (κ1) is 8.82. The first-order valence-corrected chi connectivity index (χ1v) is 2.42. The van der Waals surface area contributed by atoms with E-state index in [1.807, 2.05) is 0 Å². The van der Waals surface area contributed by atoms with Crippen molar-refractivity contribution in [1.82, 2.24) is 0 Å². The highest BCUT2D eigenvalue weighted by Gasteiger charge is 1.17. The van der Waals surface area contributed by atoms with Gasteiger partial charge in [0.05, 0.1) is 15.9 Å². The molecule has 0 aliphatic carbocycles. The molecule has 4 heteroatoms. The van der Waals surface area contributed by atoms with Crippen LogP contribution in [0.4, 0.5) is 0 Å². The molecule has 0 bridgehead atoms. The molecule has 0 amide bonds. The molecule has 4 heavy (non-hydrogen) atoms. The van der Waals surface area contributed by atoms with E-state index in [1.54, 1.807) is 0 Å². The summed E-state index contributed by atoms with van der Waals surface area (Å²) in [5.74, 6) is 0. The molecule has 0 radical (unpaired) electrons. The van der Waals surface area contributed by atoms with Crippen LogP contribution in [0.15, 0.2) is 0 Å². The third-order valence-corrected chi connectivity index (χ3v) is 0. The highest BCUT2D eigenvalue weighted by Crippen LogP contribution is 1.57. The fourth-order valence-electron chi connectivity index (χ4n) is 0. The summed E-state index contributed by atoms with van der Waals surface area (Å²) >= 11 is 4.14. The minimum atomic E-state index is 0. The van der Waals surface area contributed by atoms with Gasteiger partial charge in [-0.3, -0.25) is 5.50 Å².